The molecule has 92 valence electrons. The quantitative estimate of drug-likeness (QED) is 0.685. The van der Waals surface area contributed by atoms with E-state index in [9.17, 15) is 9.59 Å². The Hall–Kier alpha value is -1.06. The molecular weight excluding hydrogens is 206 g/mol. The molecule has 16 heavy (non-hydrogen) atoms. The third-order valence-electron chi connectivity index (χ3n) is 2.86. The van der Waals surface area contributed by atoms with Gasteiger partial charge in [0.1, 0.15) is 0 Å². The summed E-state index contributed by atoms with van der Waals surface area (Å²) >= 11 is 0. The van der Waals surface area contributed by atoms with Crippen molar-refractivity contribution in [2.45, 2.75) is 39.5 Å². The number of esters is 1. The Balaban J connectivity index is 2.26. The van der Waals surface area contributed by atoms with E-state index >= 15 is 0 Å². The molecule has 1 rings (SSSR count). The molecule has 1 aliphatic heterocycles. The van der Waals surface area contributed by atoms with Gasteiger partial charge in [0.05, 0.1) is 13.0 Å². The maximum absolute atomic E-state index is 11.8. The SMILES string of the molecule is CCOC(=O)CCC(=O)N1CCCC(C)C1. The number of rotatable bonds is 4. The average Bonchev–Trinajstić information content (AvgIpc) is 2.26. The number of amides is 1. The lowest BCUT2D eigenvalue weighted by Crippen LogP contribution is -2.39. The fraction of sp³-hybridized carbons (Fsp3) is 0.833. The fourth-order valence-electron chi connectivity index (χ4n) is 2.02. The van der Waals surface area contributed by atoms with E-state index in [1.165, 1.54) is 6.42 Å². The predicted molar refractivity (Wildman–Crippen MR) is 60.8 cm³/mol. The molecule has 1 heterocycles. The highest BCUT2D eigenvalue weighted by molar-refractivity contribution is 5.81. The molecule has 0 aromatic carbocycles. The van der Waals surface area contributed by atoms with E-state index in [2.05, 4.69) is 6.92 Å². The van der Waals surface area contributed by atoms with Crippen molar-refractivity contribution < 1.29 is 14.3 Å². The van der Waals surface area contributed by atoms with Gasteiger partial charge in [-0.1, -0.05) is 6.92 Å². The van der Waals surface area contributed by atoms with Gasteiger partial charge >= 0.3 is 5.97 Å². The van der Waals surface area contributed by atoms with Crippen molar-refractivity contribution in [3.05, 3.63) is 0 Å². The highest BCUT2D eigenvalue weighted by atomic mass is 16.5. The van der Waals surface area contributed by atoms with Gasteiger partial charge in [0.2, 0.25) is 5.91 Å². The predicted octanol–water partition coefficient (Wildman–Crippen LogP) is 1.59. The Morgan fingerprint density at radius 2 is 2.12 bits per heavy atom. The average molecular weight is 227 g/mol. The first kappa shape index (κ1) is 13.0. The standard InChI is InChI=1S/C12H21NO3/c1-3-16-12(15)7-6-11(14)13-8-4-5-10(2)9-13/h10H,3-9H2,1-2H3. The van der Waals surface area contributed by atoms with Crippen molar-refractivity contribution >= 4 is 11.9 Å². The zero-order chi connectivity index (χ0) is 12.0. The molecule has 1 saturated heterocycles. The molecule has 0 radical (unpaired) electrons. The van der Waals surface area contributed by atoms with Crippen LogP contribution < -0.4 is 0 Å². The zero-order valence-corrected chi connectivity index (χ0v) is 10.2. The smallest absolute Gasteiger partial charge is 0.306 e. The maximum atomic E-state index is 11.8. The molecule has 0 aromatic rings. The summed E-state index contributed by atoms with van der Waals surface area (Å²) in [6, 6.07) is 0. The minimum Gasteiger partial charge on any atom is -0.466 e. The third kappa shape index (κ3) is 4.21. The lowest BCUT2D eigenvalue weighted by atomic mass is 10.00. The Morgan fingerprint density at radius 1 is 1.38 bits per heavy atom. The van der Waals surface area contributed by atoms with Crippen LogP contribution in [0.1, 0.15) is 39.5 Å². The van der Waals surface area contributed by atoms with Crippen LogP contribution in [-0.4, -0.2) is 36.5 Å². The molecule has 0 N–H and O–H groups in total. The molecule has 0 bridgehead atoms. The second-order valence-electron chi connectivity index (χ2n) is 4.39. The molecule has 1 fully saturated rings. The van der Waals surface area contributed by atoms with E-state index in [4.69, 9.17) is 4.74 Å². The Bertz CT molecular complexity index is 253. The first-order valence-corrected chi connectivity index (χ1v) is 6.07. The van der Waals surface area contributed by atoms with E-state index in [1.54, 1.807) is 6.92 Å². The van der Waals surface area contributed by atoms with Crippen LogP contribution in [0.4, 0.5) is 0 Å². The van der Waals surface area contributed by atoms with E-state index in [-0.39, 0.29) is 24.7 Å². The molecule has 4 nitrogen and oxygen atoms in total. The van der Waals surface area contributed by atoms with Crippen molar-refractivity contribution in [1.82, 2.24) is 4.90 Å². The van der Waals surface area contributed by atoms with Crippen molar-refractivity contribution in [3.8, 4) is 0 Å². The van der Waals surface area contributed by atoms with Gasteiger partial charge in [-0.15, -0.1) is 0 Å². The lowest BCUT2D eigenvalue weighted by molar-refractivity contribution is -0.146. The van der Waals surface area contributed by atoms with Gasteiger partial charge < -0.3 is 9.64 Å². The molecule has 0 aliphatic carbocycles. The zero-order valence-electron chi connectivity index (χ0n) is 10.2. The largest absolute Gasteiger partial charge is 0.466 e. The topological polar surface area (TPSA) is 46.6 Å². The van der Waals surface area contributed by atoms with Gasteiger partial charge in [-0.3, -0.25) is 9.59 Å². The Labute approximate surface area is 96.9 Å². The van der Waals surface area contributed by atoms with Crippen LogP contribution in [-0.2, 0) is 14.3 Å². The molecule has 1 aliphatic rings. The normalized spacial score (nSPS) is 20.6. The van der Waals surface area contributed by atoms with Gasteiger partial charge in [0.25, 0.3) is 0 Å². The second kappa shape index (κ2) is 6.51. The van der Waals surface area contributed by atoms with Crippen LogP contribution >= 0.6 is 0 Å². The van der Waals surface area contributed by atoms with Crippen molar-refractivity contribution in [1.29, 1.82) is 0 Å². The number of hydrogen-bond acceptors (Lipinski definition) is 3. The second-order valence-corrected chi connectivity index (χ2v) is 4.39. The minimum atomic E-state index is -0.277. The van der Waals surface area contributed by atoms with E-state index in [0.29, 0.717) is 12.5 Å². The van der Waals surface area contributed by atoms with Crippen molar-refractivity contribution in [2.24, 2.45) is 5.92 Å². The summed E-state index contributed by atoms with van der Waals surface area (Å²) in [6.07, 6.45) is 2.76. The molecule has 4 heteroatoms. The third-order valence-corrected chi connectivity index (χ3v) is 2.86. The number of carbonyl (C=O) groups is 2. The molecule has 0 spiro atoms. The van der Waals surface area contributed by atoms with E-state index < -0.39 is 0 Å². The van der Waals surface area contributed by atoms with Crippen molar-refractivity contribution in [3.63, 3.8) is 0 Å². The Kier molecular flexibility index (Phi) is 5.29. The highest BCUT2D eigenvalue weighted by Gasteiger charge is 2.21. The molecule has 1 unspecified atom stereocenters. The van der Waals surface area contributed by atoms with E-state index in [0.717, 1.165) is 19.5 Å². The Morgan fingerprint density at radius 3 is 2.75 bits per heavy atom. The van der Waals surface area contributed by atoms with Crippen LogP contribution in [0.25, 0.3) is 0 Å². The summed E-state index contributed by atoms with van der Waals surface area (Å²) in [4.78, 5) is 24.7. The lowest BCUT2D eigenvalue weighted by Gasteiger charge is -2.30. The summed E-state index contributed by atoms with van der Waals surface area (Å²) in [5.41, 5.74) is 0. The van der Waals surface area contributed by atoms with Gasteiger partial charge in [-0.2, -0.15) is 0 Å². The monoisotopic (exact) mass is 227 g/mol. The van der Waals surface area contributed by atoms with E-state index in [1.807, 2.05) is 4.90 Å². The molecule has 1 atom stereocenters. The number of likely N-dealkylation sites (tertiary alicyclic amines) is 1. The van der Waals surface area contributed by atoms with Crippen LogP contribution in [0.5, 0.6) is 0 Å². The number of carbonyl (C=O) groups excluding carboxylic acids is 2. The van der Waals surface area contributed by atoms with Crippen LogP contribution in [0, 0.1) is 5.92 Å². The summed E-state index contributed by atoms with van der Waals surface area (Å²) in [6.45, 7) is 5.98. The minimum absolute atomic E-state index is 0.0830. The fourth-order valence-corrected chi connectivity index (χ4v) is 2.02. The molecular formula is C12H21NO3. The summed E-state index contributed by atoms with van der Waals surface area (Å²) in [5.74, 6) is 0.390. The van der Waals surface area contributed by atoms with Gasteiger partial charge in [0.15, 0.2) is 0 Å². The van der Waals surface area contributed by atoms with Crippen LogP contribution in [0.2, 0.25) is 0 Å². The van der Waals surface area contributed by atoms with Crippen molar-refractivity contribution in [2.75, 3.05) is 19.7 Å². The van der Waals surface area contributed by atoms with Crippen LogP contribution in [0.15, 0.2) is 0 Å². The molecule has 0 saturated carbocycles. The van der Waals surface area contributed by atoms with Crippen LogP contribution in [0.3, 0.4) is 0 Å². The maximum Gasteiger partial charge on any atom is 0.306 e. The first-order valence-electron chi connectivity index (χ1n) is 6.07. The summed E-state index contributed by atoms with van der Waals surface area (Å²) in [7, 11) is 0. The summed E-state index contributed by atoms with van der Waals surface area (Å²) < 4.78 is 4.79. The molecule has 1 amide bonds. The van der Waals surface area contributed by atoms with Gasteiger partial charge in [-0.25, -0.2) is 0 Å². The highest BCUT2D eigenvalue weighted by Crippen LogP contribution is 2.16. The number of nitrogens with zero attached hydrogens (tertiary/aromatic N) is 1. The number of ether oxygens (including phenoxy) is 1. The van der Waals surface area contributed by atoms with Gasteiger partial charge in [0, 0.05) is 19.5 Å². The van der Waals surface area contributed by atoms with Gasteiger partial charge in [-0.05, 0) is 25.7 Å². The first-order chi connectivity index (χ1) is 7.63. The summed E-state index contributed by atoms with van der Waals surface area (Å²) in [5, 5.41) is 0. The number of piperidine rings is 1. The number of hydrogen-bond donors (Lipinski definition) is 0. The molecule has 0 aromatic heterocycles.